The van der Waals surface area contributed by atoms with E-state index in [0.29, 0.717) is 32.9 Å². The van der Waals surface area contributed by atoms with Crippen LogP contribution in [0.2, 0.25) is 5.02 Å². The molecule has 0 fully saturated rings. The quantitative estimate of drug-likeness (QED) is 0.523. The zero-order chi connectivity index (χ0) is 19.8. The van der Waals surface area contributed by atoms with Crippen LogP contribution >= 0.6 is 11.6 Å². The molecule has 2 radical (unpaired) electrons. The van der Waals surface area contributed by atoms with Crippen molar-refractivity contribution in [3.63, 3.8) is 0 Å². The minimum atomic E-state index is -1.15. The highest BCUT2D eigenvalue weighted by molar-refractivity contribution is 6.37. The Morgan fingerprint density at radius 1 is 1.21 bits per heavy atom. The summed E-state index contributed by atoms with van der Waals surface area (Å²) < 4.78 is 17.1. The van der Waals surface area contributed by atoms with Gasteiger partial charge in [-0.3, -0.25) is 4.98 Å². The molecular formula is C20H15BClFN4O. The van der Waals surface area contributed by atoms with Crippen LogP contribution < -0.4 is 10.8 Å². The highest BCUT2D eigenvalue weighted by Gasteiger charge is 2.23. The average Bonchev–Trinajstić information content (AvgIpc) is 3.07. The first kappa shape index (κ1) is 18.5. The fourth-order valence-electron chi connectivity index (χ4n) is 3.05. The summed E-state index contributed by atoms with van der Waals surface area (Å²) >= 11 is 6.24. The number of aliphatic hydroxyl groups excluding tert-OH is 1. The molecule has 0 bridgehead atoms. The molecule has 138 valence electrons. The number of aryl methyl sites for hydroxylation is 1. The number of anilines is 2. The number of rotatable bonds is 4. The number of nitrogens with zero attached hydrogens (tertiary/aromatic N) is 3. The molecule has 0 spiro atoms. The third-order valence-corrected chi connectivity index (χ3v) is 4.82. The lowest BCUT2D eigenvalue weighted by Gasteiger charge is -2.19. The van der Waals surface area contributed by atoms with Crippen LogP contribution in [0.15, 0.2) is 55.0 Å². The molecule has 0 saturated carbocycles. The lowest BCUT2D eigenvalue weighted by molar-refractivity contribution is 0.216. The van der Waals surface area contributed by atoms with Gasteiger partial charge >= 0.3 is 0 Å². The second kappa shape index (κ2) is 7.26. The number of aliphatic hydroxyl groups is 1. The van der Waals surface area contributed by atoms with Gasteiger partial charge in [0.1, 0.15) is 19.5 Å². The number of halogens is 2. The van der Waals surface area contributed by atoms with Crippen molar-refractivity contribution in [3.8, 4) is 0 Å². The number of nitrogens with one attached hydrogen (secondary N) is 1. The van der Waals surface area contributed by atoms with Crippen LogP contribution in [0.25, 0.3) is 11.0 Å². The molecule has 8 heteroatoms. The Morgan fingerprint density at radius 2 is 2.04 bits per heavy atom. The number of benzene rings is 2. The summed E-state index contributed by atoms with van der Waals surface area (Å²) in [6.45, 7) is 0. The molecule has 0 aliphatic carbocycles. The van der Waals surface area contributed by atoms with E-state index in [0.717, 1.165) is 0 Å². The molecule has 0 aliphatic rings. The summed E-state index contributed by atoms with van der Waals surface area (Å²) in [7, 11) is 7.49. The Bertz CT molecular complexity index is 1170. The number of hydrogen-bond acceptors (Lipinski definition) is 4. The SMILES string of the molecule is [B]c1ccc(Nc2c(C(O)c3ccccn3)cc3c(ncn3C)c2F)c(Cl)c1. The lowest BCUT2D eigenvalue weighted by Crippen LogP contribution is -2.09. The Kier molecular flexibility index (Phi) is 4.79. The first-order valence-electron chi connectivity index (χ1n) is 8.50. The highest BCUT2D eigenvalue weighted by atomic mass is 35.5. The summed E-state index contributed by atoms with van der Waals surface area (Å²) in [5.41, 5.74) is 2.49. The van der Waals surface area contributed by atoms with E-state index in [9.17, 15) is 5.11 Å². The third-order valence-electron chi connectivity index (χ3n) is 4.51. The summed E-state index contributed by atoms with van der Waals surface area (Å²) in [5, 5.41) is 14.2. The fourth-order valence-corrected chi connectivity index (χ4v) is 3.29. The van der Waals surface area contributed by atoms with Gasteiger partial charge in [-0.25, -0.2) is 9.37 Å². The van der Waals surface area contributed by atoms with Crippen molar-refractivity contribution in [2.24, 2.45) is 7.05 Å². The Labute approximate surface area is 167 Å². The molecule has 2 N–H and O–H groups in total. The fraction of sp³-hybridized carbons (Fsp3) is 0.100. The van der Waals surface area contributed by atoms with Gasteiger partial charge in [0.2, 0.25) is 0 Å². The van der Waals surface area contributed by atoms with Crippen LogP contribution in [0.1, 0.15) is 17.4 Å². The van der Waals surface area contributed by atoms with Gasteiger partial charge in [0.05, 0.1) is 33.9 Å². The standard InChI is InChI=1S/C20H15BClFN4O/c1-27-10-25-19-16(27)9-12(20(28)15-4-2-3-7-24-15)18(17(19)23)26-14-6-5-11(21)8-13(14)22/h2-10,20,26,28H,1H3. The van der Waals surface area contributed by atoms with Crippen LogP contribution in [0.5, 0.6) is 0 Å². The monoisotopic (exact) mass is 392 g/mol. The highest BCUT2D eigenvalue weighted by Crippen LogP contribution is 2.37. The van der Waals surface area contributed by atoms with E-state index in [-0.39, 0.29) is 11.2 Å². The van der Waals surface area contributed by atoms with Gasteiger partial charge in [0.15, 0.2) is 5.82 Å². The van der Waals surface area contributed by atoms with Gasteiger partial charge in [-0.1, -0.05) is 29.2 Å². The maximum atomic E-state index is 15.4. The van der Waals surface area contributed by atoms with Crippen LogP contribution in [0.4, 0.5) is 15.8 Å². The van der Waals surface area contributed by atoms with E-state index in [1.165, 1.54) is 6.33 Å². The predicted molar refractivity (Wildman–Crippen MR) is 109 cm³/mol. The van der Waals surface area contributed by atoms with Crippen LogP contribution in [-0.4, -0.2) is 27.5 Å². The molecule has 28 heavy (non-hydrogen) atoms. The normalized spacial score (nSPS) is 12.3. The summed E-state index contributed by atoms with van der Waals surface area (Å²) in [6, 6.07) is 11.7. The molecule has 4 aromatic rings. The van der Waals surface area contributed by atoms with Gasteiger partial charge in [-0.05, 0) is 30.3 Å². The van der Waals surface area contributed by atoms with Crippen molar-refractivity contribution < 1.29 is 9.50 Å². The van der Waals surface area contributed by atoms with Gasteiger partial charge in [0, 0.05) is 18.8 Å². The largest absolute Gasteiger partial charge is 0.382 e. The predicted octanol–water partition coefficient (Wildman–Crippen LogP) is 3.38. The van der Waals surface area contributed by atoms with E-state index in [1.54, 1.807) is 60.3 Å². The molecule has 0 saturated heterocycles. The van der Waals surface area contributed by atoms with E-state index in [4.69, 9.17) is 19.4 Å². The minimum absolute atomic E-state index is 0.0797. The van der Waals surface area contributed by atoms with E-state index >= 15 is 4.39 Å². The molecule has 0 aliphatic heterocycles. The lowest BCUT2D eigenvalue weighted by atomic mass is 9.96. The maximum absolute atomic E-state index is 15.4. The van der Waals surface area contributed by atoms with Gasteiger partial charge in [-0.2, -0.15) is 0 Å². The Balaban J connectivity index is 1.91. The number of imidazole rings is 1. The smallest absolute Gasteiger partial charge is 0.174 e. The van der Waals surface area contributed by atoms with Crippen molar-refractivity contribution in [1.82, 2.24) is 14.5 Å². The van der Waals surface area contributed by atoms with E-state index in [1.807, 2.05) is 0 Å². The molecule has 2 aromatic carbocycles. The van der Waals surface area contributed by atoms with E-state index in [2.05, 4.69) is 15.3 Å². The average molecular weight is 393 g/mol. The number of hydrogen-bond donors (Lipinski definition) is 2. The second-order valence-corrected chi connectivity index (χ2v) is 6.81. The van der Waals surface area contributed by atoms with Crippen molar-refractivity contribution in [1.29, 1.82) is 0 Å². The van der Waals surface area contributed by atoms with Gasteiger partial charge in [0.25, 0.3) is 0 Å². The molecule has 0 amide bonds. The first-order chi connectivity index (χ1) is 13.5. The van der Waals surface area contributed by atoms with Gasteiger partial charge in [-0.15, -0.1) is 0 Å². The van der Waals surface area contributed by atoms with Crippen molar-refractivity contribution in [2.45, 2.75) is 6.10 Å². The van der Waals surface area contributed by atoms with Crippen LogP contribution in [-0.2, 0) is 7.05 Å². The third kappa shape index (κ3) is 3.23. The number of aromatic nitrogens is 3. The van der Waals surface area contributed by atoms with Crippen molar-refractivity contribution >= 4 is 47.3 Å². The van der Waals surface area contributed by atoms with Gasteiger partial charge < -0.3 is 15.0 Å². The maximum Gasteiger partial charge on any atom is 0.174 e. The van der Waals surface area contributed by atoms with Crippen LogP contribution in [0.3, 0.4) is 0 Å². The zero-order valence-electron chi connectivity index (χ0n) is 14.9. The molecule has 2 aromatic heterocycles. The second-order valence-electron chi connectivity index (χ2n) is 6.40. The summed E-state index contributed by atoms with van der Waals surface area (Å²) in [6.07, 6.45) is 1.94. The Hall–Kier alpha value is -2.90. The van der Waals surface area contributed by atoms with Crippen molar-refractivity contribution in [2.75, 3.05) is 5.32 Å². The van der Waals surface area contributed by atoms with Crippen LogP contribution in [0, 0.1) is 5.82 Å². The molecule has 1 unspecified atom stereocenters. The van der Waals surface area contributed by atoms with Crippen molar-refractivity contribution in [3.05, 3.63) is 77.1 Å². The molecule has 5 nitrogen and oxygen atoms in total. The minimum Gasteiger partial charge on any atom is -0.382 e. The zero-order valence-corrected chi connectivity index (χ0v) is 15.7. The first-order valence-corrected chi connectivity index (χ1v) is 8.88. The van der Waals surface area contributed by atoms with E-state index < -0.39 is 11.9 Å². The molecule has 2 heterocycles. The Morgan fingerprint density at radius 3 is 2.75 bits per heavy atom. The number of fused-ring (bicyclic) bond motifs is 1. The summed E-state index contributed by atoms with van der Waals surface area (Å²) in [4.78, 5) is 8.31. The molecular weight excluding hydrogens is 378 g/mol. The topological polar surface area (TPSA) is 63.0 Å². The molecule has 4 rings (SSSR count). The summed E-state index contributed by atoms with van der Waals surface area (Å²) in [5.74, 6) is -0.587. The molecule has 1 atom stereocenters. The number of pyridine rings is 1.